The summed E-state index contributed by atoms with van der Waals surface area (Å²) in [5, 5.41) is 14.1. The number of nitro benzene ring substituents is 1. The van der Waals surface area contributed by atoms with Gasteiger partial charge in [-0.05, 0) is 32.0 Å². The second-order valence-electron chi connectivity index (χ2n) is 6.51. The second kappa shape index (κ2) is 8.56. The number of nitrogens with zero attached hydrogens (tertiary/aromatic N) is 2. The Kier molecular flexibility index (Phi) is 5.91. The minimum absolute atomic E-state index is 0.102. The van der Waals surface area contributed by atoms with Crippen LogP contribution in [0.5, 0.6) is 5.75 Å². The molecule has 9 nitrogen and oxygen atoms in total. The number of amides is 1. The summed E-state index contributed by atoms with van der Waals surface area (Å²) in [5.41, 5.74) is 1.46. The van der Waals surface area contributed by atoms with Gasteiger partial charge in [0.25, 0.3) is 11.6 Å². The highest BCUT2D eigenvalue weighted by atomic mass is 16.6. The largest absolute Gasteiger partial charge is 0.495 e. The Morgan fingerprint density at radius 3 is 2.60 bits per heavy atom. The number of aryl methyl sites for hydroxylation is 1. The number of hydrogen-bond donors (Lipinski definition) is 1. The van der Waals surface area contributed by atoms with E-state index in [1.807, 2.05) is 6.07 Å². The van der Waals surface area contributed by atoms with Crippen LogP contribution in [0.1, 0.15) is 23.0 Å². The zero-order valence-corrected chi connectivity index (χ0v) is 16.5. The first-order valence-electron chi connectivity index (χ1n) is 9.01. The Morgan fingerprint density at radius 2 is 1.90 bits per heavy atom. The molecule has 0 aliphatic rings. The summed E-state index contributed by atoms with van der Waals surface area (Å²) in [4.78, 5) is 40.0. The lowest BCUT2D eigenvalue weighted by Crippen LogP contribution is -2.30. The fourth-order valence-corrected chi connectivity index (χ4v) is 2.90. The number of nitrogens with one attached hydrogen (secondary N) is 1. The number of carbonyl (C=O) groups excluding carboxylic acids is 2. The zero-order valence-electron chi connectivity index (χ0n) is 16.5. The van der Waals surface area contributed by atoms with E-state index in [4.69, 9.17) is 9.47 Å². The van der Waals surface area contributed by atoms with Gasteiger partial charge in [0.2, 0.25) is 0 Å². The van der Waals surface area contributed by atoms with Crippen molar-refractivity contribution < 1.29 is 24.0 Å². The van der Waals surface area contributed by atoms with Crippen molar-refractivity contribution in [2.75, 3.05) is 12.4 Å². The summed E-state index contributed by atoms with van der Waals surface area (Å²) in [6.07, 6.45) is -1.16. The molecule has 1 heterocycles. The summed E-state index contributed by atoms with van der Waals surface area (Å²) in [6, 6.07) is 12.5. The summed E-state index contributed by atoms with van der Waals surface area (Å²) in [7, 11) is 1.37. The normalized spacial score (nSPS) is 11.6. The molecule has 0 aliphatic carbocycles. The minimum atomic E-state index is -1.16. The third-order valence-electron chi connectivity index (χ3n) is 4.37. The average Bonchev–Trinajstić information content (AvgIpc) is 2.72. The van der Waals surface area contributed by atoms with Crippen molar-refractivity contribution in [1.82, 2.24) is 4.98 Å². The van der Waals surface area contributed by atoms with Crippen LogP contribution < -0.4 is 10.1 Å². The number of ether oxygens (including phenoxy) is 2. The predicted octanol–water partition coefficient (Wildman–Crippen LogP) is 3.64. The number of hydrogen-bond acceptors (Lipinski definition) is 7. The van der Waals surface area contributed by atoms with Crippen molar-refractivity contribution in [2.24, 2.45) is 0 Å². The molecule has 30 heavy (non-hydrogen) atoms. The molecule has 1 N–H and O–H groups in total. The number of methoxy groups -OCH3 is 1. The van der Waals surface area contributed by atoms with Crippen LogP contribution in [-0.4, -0.2) is 35.0 Å². The molecule has 3 aromatic rings. The van der Waals surface area contributed by atoms with Crippen LogP contribution in [0.15, 0.2) is 48.5 Å². The second-order valence-corrected chi connectivity index (χ2v) is 6.51. The number of benzene rings is 2. The van der Waals surface area contributed by atoms with Crippen molar-refractivity contribution in [3.05, 3.63) is 69.9 Å². The first-order chi connectivity index (χ1) is 14.3. The lowest BCUT2D eigenvalue weighted by atomic mass is 10.1. The Labute approximate surface area is 171 Å². The standard InChI is InChI=1S/C21H19N3O6/c1-12-10-16(15-6-4-5-7-17(15)22-12)21(26)30-13(2)20(25)23-18-11-14(24(27)28)8-9-19(18)29-3/h4-11,13H,1-3H3,(H,23,25)/t13-/m0/s1. The van der Waals surface area contributed by atoms with E-state index in [9.17, 15) is 19.7 Å². The molecular formula is C21H19N3O6. The van der Waals surface area contributed by atoms with Crippen LogP contribution in [0, 0.1) is 17.0 Å². The molecule has 1 atom stereocenters. The van der Waals surface area contributed by atoms with Crippen LogP contribution in [0.2, 0.25) is 0 Å². The van der Waals surface area contributed by atoms with E-state index in [0.29, 0.717) is 22.2 Å². The third kappa shape index (κ3) is 4.35. The molecule has 0 fully saturated rings. The van der Waals surface area contributed by atoms with Gasteiger partial charge in [-0.2, -0.15) is 0 Å². The van der Waals surface area contributed by atoms with E-state index in [1.54, 1.807) is 31.2 Å². The molecule has 0 aliphatic heterocycles. The van der Waals surface area contributed by atoms with Crippen LogP contribution in [0.4, 0.5) is 11.4 Å². The lowest BCUT2D eigenvalue weighted by Gasteiger charge is -2.16. The van der Waals surface area contributed by atoms with E-state index < -0.39 is 22.9 Å². The summed E-state index contributed by atoms with van der Waals surface area (Å²) < 4.78 is 10.5. The van der Waals surface area contributed by atoms with Crippen LogP contribution in [0.3, 0.4) is 0 Å². The maximum absolute atomic E-state index is 12.7. The highest BCUT2D eigenvalue weighted by Crippen LogP contribution is 2.29. The molecule has 0 saturated heterocycles. The molecule has 0 spiro atoms. The van der Waals surface area contributed by atoms with Crippen molar-refractivity contribution in [3.8, 4) is 5.75 Å². The number of fused-ring (bicyclic) bond motifs is 1. The first kappa shape index (κ1) is 20.7. The highest BCUT2D eigenvalue weighted by molar-refractivity contribution is 6.05. The monoisotopic (exact) mass is 409 g/mol. The van der Waals surface area contributed by atoms with Gasteiger partial charge in [-0.25, -0.2) is 4.79 Å². The fourth-order valence-electron chi connectivity index (χ4n) is 2.90. The van der Waals surface area contributed by atoms with Crippen LogP contribution >= 0.6 is 0 Å². The molecule has 0 bridgehead atoms. The number of carbonyl (C=O) groups is 2. The van der Waals surface area contributed by atoms with Gasteiger partial charge in [-0.15, -0.1) is 0 Å². The number of rotatable bonds is 6. The lowest BCUT2D eigenvalue weighted by molar-refractivity contribution is -0.384. The van der Waals surface area contributed by atoms with E-state index >= 15 is 0 Å². The molecule has 3 rings (SSSR count). The van der Waals surface area contributed by atoms with Crippen LogP contribution in [-0.2, 0) is 9.53 Å². The van der Waals surface area contributed by atoms with Crippen molar-refractivity contribution in [1.29, 1.82) is 0 Å². The minimum Gasteiger partial charge on any atom is -0.495 e. The van der Waals surface area contributed by atoms with Gasteiger partial charge >= 0.3 is 5.97 Å². The number of anilines is 1. The third-order valence-corrected chi connectivity index (χ3v) is 4.37. The Bertz CT molecular complexity index is 1140. The van der Waals surface area contributed by atoms with Gasteiger partial charge < -0.3 is 14.8 Å². The van der Waals surface area contributed by atoms with Crippen LogP contribution in [0.25, 0.3) is 10.9 Å². The average molecular weight is 409 g/mol. The smallest absolute Gasteiger partial charge is 0.339 e. The number of nitro groups is 1. The van der Waals surface area contributed by atoms with Crippen molar-refractivity contribution in [2.45, 2.75) is 20.0 Å². The molecule has 0 unspecified atom stereocenters. The number of pyridine rings is 1. The molecule has 9 heteroatoms. The molecule has 1 aromatic heterocycles. The van der Waals surface area contributed by atoms with Gasteiger partial charge in [-0.1, -0.05) is 18.2 Å². The molecule has 0 saturated carbocycles. The van der Waals surface area contributed by atoms with E-state index in [2.05, 4.69) is 10.3 Å². The number of aromatic nitrogens is 1. The number of esters is 1. The van der Waals surface area contributed by atoms with Gasteiger partial charge in [0.1, 0.15) is 5.75 Å². The Hall–Kier alpha value is -4.01. The fraction of sp³-hybridized carbons (Fsp3) is 0.190. The van der Waals surface area contributed by atoms with Crippen molar-refractivity contribution >= 4 is 34.2 Å². The maximum atomic E-state index is 12.7. The van der Waals surface area contributed by atoms with Gasteiger partial charge in [0, 0.05) is 23.2 Å². The highest BCUT2D eigenvalue weighted by Gasteiger charge is 2.23. The van der Waals surface area contributed by atoms with E-state index in [0.717, 1.165) is 0 Å². The Balaban J connectivity index is 1.79. The Morgan fingerprint density at radius 1 is 1.17 bits per heavy atom. The molecule has 0 radical (unpaired) electrons. The summed E-state index contributed by atoms with van der Waals surface area (Å²) in [6.45, 7) is 3.17. The van der Waals surface area contributed by atoms with E-state index in [-0.39, 0.29) is 17.1 Å². The van der Waals surface area contributed by atoms with Gasteiger partial charge in [0.05, 0.1) is 28.8 Å². The predicted molar refractivity (Wildman–Crippen MR) is 110 cm³/mol. The molecular weight excluding hydrogens is 390 g/mol. The molecule has 154 valence electrons. The van der Waals surface area contributed by atoms with Gasteiger partial charge in [0.15, 0.2) is 6.10 Å². The number of non-ortho nitro benzene ring substituents is 1. The topological polar surface area (TPSA) is 121 Å². The maximum Gasteiger partial charge on any atom is 0.339 e. The first-order valence-corrected chi connectivity index (χ1v) is 9.01. The quantitative estimate of drug-likeness (QED) is 0.375. The summed E-state index contributed by atoms with van der Waals surface area (Å²) in [5.74, 6) is -1.09. The molecule has 2 aromatic carbocycles. The molecule has 1 amide bonds. The van der Waals surface area contributed by atoms with Crippen molar-refractivity contribution in [3.63, 3.8) is 0 Å². The van der Waals surface area contributed by atoms with Gasteiger partial charge in [-0.3, -0.25) is 19.9 Å². The zero-order chi connectivity index (χ0) is 21.8. The SMILES string of the molecule is COc1ccc([N+](=O)[O-])cc1NC(=O)[C@H](C)OC(=O)c1cc(C)nc2ccccc12. The number of para-hydroxylation sites is 1. The van der Waals surface area contributed by atoms with E-state index in [1.165, 1.54) is 32.2 Å². The summed E-state index contributed by atoms with van der Waals surface area (Å²) >= 11 is 0.